The van der Waals surface area contributed by atoms with Crippen LogP contribution in [0.15, 0.2) is 67.0 Å². The van der Waals surface area contributed by atoms with Crippen LogP contribution in [0, 0.1) is 0 Å². The van der Waals surface area contributed by atoms with Crippen molar-refractivity contribution in [3.8, 4) is 17.1 Å². The number of nitrogens with zero attached hydrogens (tertiary/aromatic N) is 3. The molecule has 1 aliphatic heterocycles. The second-order valence-electron chi connectivity index (χ2n) is 6.45. The fraction of sp³-hybridized carbons (Fsp3) is 0.190. The minimum atomic E-state index is -0.447. The third-order valence-electron chi connectivity index (χ3n) is 4.63. The number of anilines is 1. The fourth-order valence-corrected chi connectivity index (χ4v) is 3.33. The van der Waals surface area contributed by atoms with Crippen LogP contribution in [-0.2, 0) is 0 Å². The smallest absolute Gasteiger partial charge is 0.250 e. The molecule has 6 nitrogen and oxygen atoms in total. The normalized spacial score (nSPS) is 16.3. The first-order valence-electron chi connectivity index (χ1n) is 8.88. The van der Waals surface area contributed by atoms with Gasteiger partial charge in [-0.2, -0.15) is 0 Å². The molecule has 2 aromatic heterocycles. The zero-order chi connectivity index (χ0) is 18.6. The number of nitrogens with two attached hydrogens (primary N) is 1. The van der Waals surface area contributed by atoms with Crippen molar-refractivity contribution >= 4 is 11.6 Å². The van der Waals surface area contributed by atoms with Crippen molar-refractivity contribution < 1.29 is 9.53 Å². The topological polar surface area (TPSA) is 81.3 Å². The average Bonchev–Trinajstić information content (AvgIpc) is 3.17. The lowest BCUT2D eigenvalue weighted by Crippen LogP contribution is -2.27. The van der Waals surface area contributed by atoms with E-state index in [1.54, 1.807) is 12.4 Å². The first-order chi connectivity index (χ1) is 13.2. The number of hydrogen-bond acceptors (Lipinski definition) is 5. The minimum Gasteiger partial charge on any atom is -0.472 e. The van der Waals surface area contributed by atoms with Crippen molar-refractivity contribution in [2.45, 2.75) is 12.5 Å². The summed E-state index contributed by atoms with van der Waals surface area (Å²) >= 11 is 0. The third kappa shape index (κ3) is 3.74. The highest BCUT2D eigenvalue weighted by molar-refractivity contribution is 6.00. The van der Waals surface area contributed by atoms with E-state index < -0.39 is 5.91 Å². The molecule has 2 N–H and O–H groups in total. The summed E-state index contributed by atoms with van der Waals surface area (Å²) in [6.07, 6.45) is 4.32. The Kier molecular flexibility index (Phi) is 4.70. The summed E-state index contributed by atoms with van der Waals surface area (Å²) < 4.78 is 5.94. The second-order valence-corrected chi connectivity index (χ2v) is 6.45. The molecule has 0 bridgehead atoms. The van der Waals surface area contributed by atoms with E-state index in [0.717, 1.165) is 29.9 Å². The molecule has 4 rings (SSSR count). The van der Waals surface area contributed by atoms with Crippen molar-refractivity contribution in [1.82, 2.24) is 9.97 Å². The molecule has 1 aliphatic rings. The van der Waals surface area contributed by atoms with E-state index in [-0.39, 0.29) is 6.10 Å². The maximum Gasteiger partial charge on any atom is 0.250 e. The van der Waals surface area contributed by atoms with E-state index in [4.69, 9.17) is 10.5 Å². The predicted molar refractivity (Wildman–Crippen MR) is 104 cm³/mol. The Hall–Kier alpha value is -3.41. The Bertz CT molecular complexity index is 931. The molecule has 0 radical (unpaired) electrons. The molecule has 0 unspecified atom stereocenters. The van der Waals surface area contributed by atoms with Gasteiger partial charge in [0.05, 0.1) is 17.8 Å². The van der Waals surface area contributed by atoms with Crippen LogP contribution in [0.25, 0.3) is 11.3 Å². The average molecular weight is 360 g/mol. The molecule has 1 atom stereocenters. The Morgan fingerprint density at radius 2 is 1.89 bits per heavy atom. The van der Waals surface area contributed by atoms with Crippen LogP contribution in [0.2, 0.25) is 0 Å². The van der Waals surface area contributed by atoms with E-state index in [1.807, 2.05) is 54.6 Å². The van der Waals surface area contributed by atoms with Crippen molar-refractivity contribution in [2.75, 3.05) is 18.0 Å². The lowest BCUT2D eigenvalue weighted by Gasteiger charge is -2.21. The van der Waals surface area contributed by atoms with Crippen LogP contribution in [0.3, 0.4) is 0 Å². The summed E-state index contributed by atoms with van der Waals surface area (Å²) in [4.78, 5) is 22.8. The molecule has 0 spiro atoms. The van der Waals surface area contributed by atoms with Crippen LogP contribution in [-0.4, -0.2) is 35.1 Å². The summed E-state index contributed by atoms with van der Waals surface area (Å²) in [5, 5.41) is 0. The molecule has 1 saturated heterocycles. The summed E-state index contributed by atoms with van der Waals surface area (Å²) in [5.41, 5.74) is 8.66. The molecule has 0 aliphatic carbocycles. The van der Waals surface area contributed by atoms with Crippen LogP contribution in [0.5, 0.6) is 5.88 Å². The number of carbonyl (C=O) groups excluding carboxylic acids is 1. The fourth-order valence-electron chi connectivity index (χ4n) is 3.33. The summed E-state index contributed by atoms with van der Waals surface area (Å²) in [5.74, 6) is 0.168. The SMILES string of the molecule is NC(=O)c1cc(-c2ccccn2)ccc1N1CC[C@@H](Oc2ccccn2)C1. The Labute approximate surface area is 157 Å². The van der Waals surface area contributed by atoms with E-state index >= 15 is 0 Å². The number of hydrogen-bond donors (Lipinski definition) is 1. The molecule has 3 aromatic rings. The number of rotatable bonds is 5. The van der Waals surface area contributed by atoms with Crippen molar-refractivity contribution in [1.29, 1.82) is 0 Å². The first-order valence-corrected chi connectivity index (χ1v) is 8.88. The highest BCUT2D eigenvalue weighted by Crippen LogP contribution is 2.29. The molecule has 3 heterocycles. The van der Waals surface area contributed by atoms with Crippen molar-refractivity contribution in [3.05, 3.63) is 72.6 Å². The van der Waals surface area contributed by atoms with Crippen molar-refractivity contribution in [2.24, 2.45) is 5.73 Å². The van der Waals surface area contributed by atoms with Crippen LogP contribution in [0.1, 0.15) is 16.8 Å². The number of carbonyl (C=O) groups is 1. The minimum absolute atomic E-state index is 0.0242. The first kappa shape index (κ1) is 17.0. The number of aromatic nitrogens is 2. The molecule has 6 heteroatoms. The number of ether oxygens (including phenoxy) is 1. The van der Waals surface area contributed by atoms with Gasteiger partial charge in [-0.15, -0.1) is 0 Å². The van der Waals surface area contributed by atoms with Gasteiger partial charge in [0, 0.05) is 42.7 Å². The molecule has 136 valence electrons. The third-order valence-corrected chi connectivity index (χ3v) is 4.63. The van der Waals surface area contributed by atoms with Crippen LogP contribution < -0.4 is 15.4 Å². The highest BCUT2D eigenvalue weighted by Gasteiger charge is 2.27. The van der Waals surface area contributed by atoms with Gasteiger partial charge in [-0.25, -0.2) is 4.98 Å². The zero-order valence-corrected chi connectivity index (χ0v) is 14.8. The lowest BCUT2D eigenvalue weighted by molar-refractivity contribution is 0.100. The van der Waals surface area contributed by atoms with Gasteiger partial charge in [-0.1, -0.05) is 18.2 Å². The highest BCUT2D eigenvalue weighted by atomic mass is 16.5. The monoisotopic (exact) mass is 360 g/mol. The van der Waals surface area contributed by atoms with Gasteiger partial charge < -0.3 is 15.4 Å². The molecule has 27 heavy (non-hydrogen) atoms. The van der Waals surface area contributed by atoms with Gasteiger partial charge in [0.15, 0.2) is 0 Å². The van der Waals surface area contributed by atoms with Gasteiger partial charge in [0.2, 0.25) is 5.88 Å². The van der Waals surface area contributed by atoms with Gasteiger partial charge in [-0.3, -0.25) is 9.78 Å². The maximum absolute atomic E-state index is 12.1. The van der Waals surface area contributed by atoms with Crippen LogP contribution >= 0.6 is 0 Å². The van der Waals surface area contributed by atoms with Gasteiger partial charge in [-0.05, 0) is 30.3 Å². The van der Waals surface area contributed by atoms with E-state index in [1.165, 1.54) is 0 Å². The van der Waals surface area contributed by atoms with Crippen molar-refractivity contribution in [3.63, 3.8) is 0 Å². The molecule has 1 fully saturated rings. The Morgan fingerprint density at radius 3 is 2.59 bits per heavy atom. The lowest BCUT2D eigenvalue weighted by atomic mass is 10.0. The second kappa shape index (κ2) is 7.45. The molecule has 0 saturated carbocycles. The van der Waals surface area contributed by atoms with Crippen LogP contribution in [0.4, 0.5) is 5.69 Å². The Morgan fingerprint density at radius 1 is 1.07 bits per heavy atom. The largest absolute Gasteiger partial charge is 0.472 e. The van der Waals surface area contributed by atoms with Gasteiger partial charge >= 0.3 is 0 Å². The maximum atomic E-state index is 12.1. The zero-order valence-electron chi connectivity index (χ0n) is 14.8. The van der Waals surface area contributed by atoms with E-state index in [0.29, 0.717) is 18.0 Å². The summed E-state index contributed by atoms with van der Waals surface area (Å²) in [7, 11) is 0. The van der Waals surface area contributed by atoms with Gasteiger partial charge in [0.1, 0.15) is 6.10 Å². The number of amides is 1. The molecule has 1 aromatic carbocycles. The number of primary amides is 1. The van der Waals surface area contributed by atoms with Gasteiger partial charge in [0.25, 0.3) is 5.91 Å². The predicted octanol–water partition coefficient (Wildman–Crippen LogP) is 2.90. The molecular formula is C21H20N4O2. The quantitative estimate of drug-likeness (QED) is 0.757. The van der Waals surface area contributed by atoms with E-state index in [2.05, 4.69) is 14.9 Å². The number of pyridine rings is 2. The summed E-state index contributed by atoms with van der Waals surface area (Å²) in [6, 6.07) is 17.0. The Balaban J connectivity index is 1.56. The number of benzene rings is 1. The standard InChI is InChI=1S/C21H20N4O2/c22-21(26)17-13-15(18-5-1-3-10-23-18)7-8-19(17)25-12-9-16(14-25)27-20-6-2-4-11-24-20/h1-8,10-11,13,16H,9,12,14H2,(H2,22,26)/t16-/m1/s1. The molecular weight excluding hydrogens is 340 g/mol. The summed E-state index contributed by atoms with van der Waals surface area (Å²) in [6.45, 7) is 1.47. The molecule has 1 amide bonds. The van der Waals surface area contributed by atoms with E-state index in [9.17, 15) is 4.79 Å².